The molecule has 1 aromatic rings. The number of rotatable bonds is 1. The van der Waals surface area contributed by atoms with E-state index in [1.54, 1.807) is 0 Å². The number of aromatic nitrogens is 1. The van der Waals surface area contributed by atoms with Crippen LogP contribution in [0.2, 0.25) is 0 Å². The van der Waals surface area contributed by atoms with E-state index in [4.69, 9.17) is 12.2 Å². The minimum Gasteiger partial charge on any atom is -0.367 e. The van der Waals surface area contributed by atoms with Gasteiger partial charge in [-0.15, -0.1) is 0 Å². The van der Waals surface area contributed by atoms with Crippen LogP contribution < -0.4 is 0 Å². The maximum absolute atomic E-state index is 5.29. The van der Waals surface area contributed by atoms with Gasteiger partial charge in [0.1, 0.15) is 0 Å². The summed E-state index contributed by atoms with van der Waals surface area (Å²) < 4.78 is 0. The van der Waals surface area contributed by atoms with Crippen LogP contribution in [0.5, 0.6) is 0 Å². The molecule has 0 spiro atoms. The molecular weight excluding hydrogens is 154 g/mol. The zero-order chi connectivity index (χ0) is 8.48. The van der Waals surface area contributed by atoms with Crippen LogP contribution in [0, 0.1) is 5.41 Å². The molecule has 1 N–H and O–H groups in total. The summed E-state index contributed by atoms with van der Waals surface area (Å²) in [6, 6.07) is 2.01. The largest absolute Gasteiger partial charge is 0.367 e. The van der Waals surface area contributed by atoms with Crippen LogP contribution in [0.3, 0.4) is 0 Å². The highest BCUT2D eigenvalue weighted by Crippen LogP contribution is 2.21. The molecule has 0 aliphatic heterocycles. The van der Waals surface area contributed by atoms with Gasteiger partial charge in [-0.3, -0.25) is 0 Å². The Bertz CT molecular complexity index is 241. The van der Waals surface area contributed by atoms with E-state index in [2.05, 4.69) is 25.8 Å². The maximum Gasteiger partial charge on any atom is 0.0293 e. The molecule has 0 bridgehead atoms. The van der Waals surface area contributed by atoms with Crippen molar-refractivity contribution in [3.63, 3.8) is 0 Å². The van der Waals surface area contributed by atoms with Crippen LogP contribution in [0.1, 0.15) is 26.3 Å². The first kappa shape index (κ1) is 8.47. The minimum absolute atomic E-state index is 0.0948. The number of aromatic amines is 1. The molecule has 0 aromatic carbocycles. The summed E-state index contributed by atoms with van der Waals surface area (Å²) in [5, 5.41) is 0. The lowest BCUT2D eigenvalue weighted by Crippen LogP contribution is -2.18. The molecule has 0 amide bonds. The first-order valence-corrected chi connectivity index (χ1v) is 4.10. The van der Waals surface area contributed by atoms with Gasteiger partial charge in [-0.25, -0.2) is 0 Å². The third kappa shape index (κ3) is 1.90. The summed E-state index contributed by atoms with van der Waals surface area (Å²) >= 11 is 5.29. The van der Waals surface area contributed by atoms with Crippen molar-refractivity contribution >= 4 is 17.1 Å². The summed E-state index contributed by atoms with van der Waals surface area (Å²) in [4.78, 5) is 4.01. The van der Waals surface area contributed by atoms with Gasteiger partial charge in [-0.1, -0.05) is 33.0 Å². The first-order chi connectivity index (χ1) is 5.02. The molecule has 11 heavy (non-hydrogen) atoms. The van der Waals surface area contributed by atoms with E-state index < -0.39 is 0 Å². The van der Waals surface area contributed by atoms with Gasteiger partial charge in [0.15, 0.2) is 0 Å². The van der Waals surface area contributed by atoms with Gasteiger partial charge >= 0.3 is 0 Å². The fourth-order valence-corrected chi connectivity index (χ4v) is 1.03. The predicted molar refractivity (Wildman–Crippen MR) is 51.9 cm³/mol. The van der Waals surface area contributed by atoms with Crippen LogP contribution in [-0.4, -0.2) is 9.85 Å². The predicted octanol–water partition coefficient (Wildman–Crippen LogP) is 2.78. The number of hydrogen-bond donors (Lipinski definition) is 1. The third-order valence-corrected chi connectivity index (χ3v) is 2.39. The zero-order valence-electron chi connectivity index (χ0n) is 7.14. The summed E-state index contributed by atoms with van der Waals surface area (Å²) in [7, 11) is 0. The molecule has 0 saturated heterocycles. The fraction of sp³-hybridized carbons (Fsp3) is 0.444. The van der Waals surface area contributed by atoms with Gasteiger partial charge in [-0.2, -0.15) is 0 Å². The molecule has 0 fully saturated rings. The Hall–Kier alpha value is -0.630. The molecule has 1 heterocycles. The second kappa shape index (κ2) is 2.78. The van der Waals surface area contributed by atoms with Crippen LogP contribution in [-0.2, 0) is 0 Å². The average molecular weight is 167 g/mol. The highest BCUT2D eigenvalue weighted by Gasteiger charge is 2.18. The maximum atomic E-state index is 5.29. The van der Waals surface area contributed by atoms with Crippen molar-refractivity contribution in [1.82, 2.24) is 4.98 Å². The minimum atomic E-state index is 0.0948. The SMILES string of the molecule is CC(C)(C)C(=S)c1cc[nH]c1. The zero-order valence-corrected chi connectivity index (χ0v) is 7.96. The monoisotopic (exact) mass is 167 g/mol. The van der Waals surface area contributed by atoms with Crippen LogP contribution in [0.4, 0.5) is 0 Å². The molecule has 2 heteroatoms. The number of thiocarbonyl (C=S) groups is 1. The fourth-order valence-electron chi connectivity index (χ4n) is 0.898. The molecule has 0 atom stereocenters. The van der Waals surface area contributed by atoms with E-state index in [9.17, 15) is 0 Å². The quantitative estimate of drug-likeness (QED) is 0.502. The molecule has 1 aromatic heterocycles. The van der Waals surface area contributed by atoms with Gasteiger partial charge in [0.05, 0.1) is 0 Å². The molecule has 1 rings (SSSR count). The van der Waals surface area contributed by atoms with Crippen molar-refractivity contribution in [2.45, 2.75) is 20.8 Å². The summed E-state index contributed by atoms with van der Waals surface area (Å²) in [5.74, 6) is 0. The van der Waals surface area contributed by atoms with Gasteiger partial charge in [-0.05, 0) is 11.5 Å². The van der Waals surface area contributed by atoms with Crippen molar-refractivity contribution in [2.75, 3.05) is 0 Å². The summed E-state index contributed by atoms with van der Waals surface area (Å²) in [6.45, 7) is 6.38. The lowest BCUT2D eigenvalue weighted by atomic mass is 9.89. The molecule has 0 saturated carbocycles. The molecule has 0 aliphatic rings. The molecular formula is C9H13NS. The van der Waals surface area contributed by atoms with E-state index in [-0.39, 0.29) is 5.41 Å². The highest BCUT2D eigenvalue weighted by molar-refractivity contribution is 7.81. The Morgan fingerprint density at radius 3 is 2.45 bits per heavy atom. The lowest BCUT2D eigenvalue weighted by molar-refractivity contribution is 0.602. The second-order valence-electron chi connectivity index (χ2n) is 3.68. The van der Waals surface area contributed by atoms with E-state index in [0.29, 0.717) is 0 Å². The van der Waals surface area contributed by atoms with Crippen LogP contribution in [0.25, 0.3) is 0 Å². The van der Waals surface area contributed by atoms with Crippen molar-refractivity contribution in [1.29, 1.82) is 0 Å². The Morgan fingerprint density at radius 1 is 1.45 bits per heavy atom. The Balaban J connectivity index is 2.88. The van der Waals surface area contributed by atoms with Crippen molar-refractivity contribution in [3.05, 3.63) is 24.0 Å². The lowest BCUT2D eigenvalue weighted by Gasteiger charge is -2.18. The molecule has 0 unspecified atom stereocenters. The normalized spacial score (nSPS) is 11.5. The summed E-state index contributed by atoms with van der Waals surface area (Å²) in [6.07, 6.45) is 3.83. The van der Waals surface area contributed by atoms with Crippen molar-refractivity contribution < 1.29 is 0 Å². The molecule has 1 nitrogen and oxygen atoms in total. The van der Waals surface area contributed by atoms with Gasteiger partial charge in [0.25, 0.3) is 0 Å². The molecule has 60 valence electrons. The summed E-state index contributed by atoms with van der Waals surface area (Å²) in [5.41, 5.74) is 1.23. The van der Waals surface area contributed by atoms with E-state index in [0.717, 1.165) is 10.4 Å². The highest BCUT2D eigenvalue weighted by atomic mass is 32.1. The van der Waals surface area contributed by atoms with Gasteiger partial charge in [0.2, 0.25) is 0 Å². The van der Waals surface area contributed by atoms with Gasteiger partial charge in [0, 0.05) is 22.8 Å². The van der Waals surface area contributed by atoms with E-state index in [1.807, 2.05) is 18.5 Å². The molecule has 0 aliphatic carbocycles. The number of H-pyrrole nitrogens is 1. The Kier molecular flexibility index (Phi) is 2.14. The van der Waals surface area contributed by atoms with Crippen molar-refractivity contribution in [2.24, 2.45) is 5.41 Å². The average Bonchev–Trinajstić information content (AvgIpc) is 2.34. The van der Waals surface area contributed by atoms with Gasteiger partial charge < -0.3 is 4.98 Å². The molecule has 0 radical (unpaired) electrons. The number of nitrogens with one attached hydrogen (secondary N) is 1. The standard InChI is InChI=1S/C9H13NS/c1-9(2,3)8(11)7-4-5-10-6-7/h4-6,10H,1-3H3. The van der Waals surface area contributed by atoms with Crippen molar-refractivity contribution in [3.8, 4) is 0 Å². The van der Waals surface area contributed by atoms with Crippen LogP contribution >= 0.6 is 12.2 Å². The van der Waals surface area contributed by atoms with E-state index >= 15 is 0 Å². The Morgan fingerprint density at radius 2 is 2.09 bits per heavy atom. The second-order valence-corrected chi connectivity index (χ2v) is 4.09. The topological polar surface area (TPSA) is 15.8 Å². The van der Waals surface area contributed by atoms with E-state index in [1.165, 1.54) is 0 Å². The number of hydrogen-bond acceptors (Lipinski definition) is 1. The Labute approximate surface area is 72.8 Å². The smallest absolute Gasteiger partial charge is 0.0293 e. The first-order valence-electron chi connectivity index (χ1n) is 3.69. The third-order valence-electron chi connectivity index (χ3n) is 1.54. The van der Waals surface area contributed by atoms with Crippen LogP contribution in [0.15, 0.2) is 18.5 Å².